The van der Waals surface area contributed by atoms with E-state index in [1.807, 2.05) is 27.7 Å². The van der Waals surface area contributed by atoms with Gasteiger partial charge in [-0.3, -0.25) is 0 Å². The number of hydrogen-bond acceptors (Lipinski definition) is 0. The number of hydrogen-bond donors (Lipinski definition) is 0. The van der Waals surface area contributed by atoms with Crippen molar-refractivity contribution in [2.45, 2.75) is 94.4 Å². The van der Waals surface area contributed by atoms with E-state index in [1.165, 1.54) is 32.1 Å². The quantitative estimate of drug-likeness (QED) is 0.493. The predicted molar refractivity (Wildman–Crippen MR) is 77.6 cm³/mol. The van der Waals surface area contributed by atoms with E-state index in [2.05, 4.69) is 34.6 Å². The molecule has 0 saturated heterocycles. The minimum absolute atomic E-state index is 0.949. The van der Waals surface area contributed by atoms with Crippen LogP contribution in [-0.4, -0.2) is 0 Å². The van der Waals surface area contributed by atoms with Crippen molar-refractivity contribution in [3.63, 3.8) is 0 Å². The maximum absolute atomic E-state index is 2.31. The van der Waals surface area contributed by atoms with E-state index in [0.717, 1.165) is 5.92 Å². The first kappa shape index (κ1) is 24.3. The molecule has 0 fully saturated rings. The third-order valence-corrected chi connectivity index (χ3v) is 1.98. The van der Waals surface area contributed by atoms with E-state index < -0.39 is 0 Å². The van der Waals surface area contributed by atoms with E-state index in [-0.39, 0.29) is 0 Å². The summed E-state index contributed by atoms with van der Waals surface area (Å²) in [5.41, 5.74) is 0. The van der Waals surface area contributed by atoms with Crippen molar-refractivity contribution in [2.75, 3.05) is 0 Å². The van der Waals surface area contributed by atoms with E-state index in [4.69, 9.17) is 0 Å². The Hall–Kier alpha value is 0. The second-order valence-corrected chi connectivity index (χ2v) is 3.30. The summed E-state index contributed by atoms with van der Waals surface area (Å²) in [5.74, 6) is 0.949. The normalized spacial score (nSPS) is 9.40. The second kappa shape index (κ2) is 37.0. The van der Waals surface area contributed by atoms with Gasteiger partial charge in [0.2, 0.25) is 0 Å². The molecule has 0 radical (unpaired) electrons. The summed E-state index contributed by atoms with van der Waals surface area (Å²) < 4.78 is 0. The van der Waals surface area contributed by atoms with Crippen LogP contribution in [0.15, 0.2) is 0 Å². The molecule has 0 nitrogen and oxygen atoms in total. The Kier molecular flexibility index (Phi) is 59.9. The van der Waals surface area contributed by atoms with Crippen LogP contribution in [0.25, 0.3) is 0 Å². The highest BCUT2D eigenvalue weighted by Gasteiger charge is 1.92. The van der Waals surface area contributed by atoms with Gasteiger partial charge in [-0.05, 0) is 5.92 Å². The molecule has 0 bridgehead atoms. The van der Waals surface area contributed by atoms with Gasteiger partial charge >= 0.3 is 0 Å². The molecule has 0 aromatic heterocycles. The molecule has 0 heteroatoms. The monoisotopic (exact) mass is 218 g/mol. The summed E-state index contributed by atoms with van der Waals surface area (Å²) in [6.45, 7) is 19.2. The fourth-order valence-corrected chi connectivity index (χ4v) is 0.697. The average molecular weight is 218 g/mol. The lowest BCUT2D eigenvalue weighted by atomic mass is 10.0. The van der Waals surface area contributed by atoms with Crippen molar-refractivity contribution < 1.29 is 0 Å². The minimum atomic E-state index is 0.949. The third-order valence-electron chi connectivity index (χ3n) is 1.98. The van der Waals surface area contributed by atoms with Crippen molar-refractivity contribution in [2.24, 2.45) is 5.92 Å². The molecule has 0 spiro atoms. The Morgan fingerprint density at radius 3 is 1.07 bits per heavy atom. The molecule has 15 heavy (non-hydrogen) atoms. The van der Waals surface area contributed by atoms with Gasteiger partial charge in [0.15, 0.2) is 0 Å². The molecule has 0 aliphatic heterocycles. The molecule has 1 atom stereocenters. The van der Waals surface area contributed by atoms with Crippen LogP contribution in [0.1, 0.15) is 94.4 Å². The van der Waals surface area contributed by atoms with Gasteiger partial charge in [-0.25, -0.2) is 0 Å². The van der Waals surface area contributed by atoms with Crippen molar-refractivity contribution in [1.82, 2.24) is 0 Å². The van der Waals surface area contributed by atoms with Gasteiger partial charge in [-0.2, -0.15) is 0 Å². The van der Waals surface area contributed by atoms with Crippen LogP contribution < -0.4 is 0 Å². The lowest BCUT2D eigenvalue weighted by Crippen LogP contribution is -1.88. The molecule has 0 amide bonds. The van der Waals surface area contributed by atoms with Gasteiger partial charge in [0.25, 0.3) is 0 Å². The molecule has 0 aromatic carbocycles. The fraction of sp³-hybridized carbons (Fsp3) is 1.00. The summed E-state index contributed by atoms with van der Waals surface area (Å²) >= 11 is 0. The molecule has 0 aliphatic carbocycles. The lowest BCUT2D eigenvalue weighted by Gasteiger charge is -2.02. The van der Waals surface area contributed by atoms with Crippen LogP contribution in [0.3, 0.4) is 0 Å². The zero-order valence-electron chi connectivity index (χ0n) is 13.1. The Balaban J connectivity index is -0.0000000647. The van der Waals surface area contributed by atoms with Crippen LogP contribution >= 0.6 is 0 Å². The zero-order chi connectivity index (χ0) is 13.1. The first-order valence-electron chi connectivity index (χ1n) is 7.22. The lowest BCUT2D eigenvalue weighted by molar-refractivity contribution is 0.509. The fourth-order valence-electron chi connectivity index (χ4n) is 0.697. The van der Waals surface area contributed by atoms with Crippen molar-refractivity contribution in [3.8, 4) is 0 Å². The maximum Gasteiger partial charge on any atom is -0.0446 e. The molecular weight excluding hydrogens is 180 g/mol. The third kappa shape index (κ3) is 56.0. The number of rotatable bonds is 4. The van der Waals surface area contributed by atoms with Crippen molar-refractivity contribution in [3.05, 3.63) is 0 Å². The van der Waals surface area contributed by atoms with Crippen LogP contribution in [0, 0.1) is 5.92 Å². The van der Waals surface area contributed by atoms with Crippen LogP contribution in [0.5, 0.6) is 0 Å². The summed E-state index contributed by atoms with van der Waals surface area (Å²) in [7, 11) is 0. The first-order valence-corrected chi connectivity index (χ1v) is 7.22. The molecule has 0 N–H and O–H groups in total. The summed E-state index contributed by atoms with van der Waals surface area (Å²) in [6, 6.07) is 0. The van der Waals surface area contributed by atoms with Gasteiger partial charge in [-0.15, -0.1) is 0 Å². The van der Waals surface area contributed by atoms with Crippen LogP contribution in [-0.2, 0) is 0 Å². The first-order chi connectivity index (χ1) is 7.22. The van der Waals surface area contributed by atoms with Gasteiger partial charge in [0.05, 0.1) is 0 Å². The average Bonchev–Trinajstić information content (AvgIpc) is 2.34. The number of unbranched alkanes of at least 4 members (excludes halogenated alkanes) is 1. The van der Waals surface area contributed by atoms with Crippen LogP contribution in [0.4, 0.5) is 0 Å². The maximum atomic E-state index is 2.31. The van der Waals surface area contributed by atoms with E-state index in [0.29, 0.717) is 0 Å². The predicted octanol–water partition coefficient (Wildman–Crippen LogP) is 6.69. The molecular formula is C15H38. The SMILES string of the molecule is CC.CC.CCCC.CCC[C@H](C)CC. The molecule has 0 heterocycles. The highest BCUT2D eigenvalue weighted by atomic mass is 14.0. The molecule has 0 aromatic rings. The summed E-state index contributed by atoms with van der Waals surface area (Å²) in [5, 5.41) is 0. The molecule has 0 aliphatic rings. The van der Waals surface area contributed by atoms with Gasteiger partial charge in [0.1, 0.15) is 0 Å². The highest BCUT2D eigenvalue weighted by Crippen LogP contribution is 2.07. The second-order valence-electron chi connectivity index (χ2n) is 3.30. The van der Waals surface area contributed by atoms with E-state index in [1.54, 1.807) is 0 Å². The van der Waals surface area contributed by atoms with Gasteiger partial charge in [0, 0.05) is 0 Å². The zero-order valence-corrected chi connectivity index (χ0v) is 13.1. The van der Waals surface area contributed by atoms with Gasteiger partial charge < -0.3 is 0 Å². The summed E-state index contributed by atoms with van der Waals surface area (Å²) in [6.07, 6.45) is 6.72. The molecule has 0 rings (SSSR count). The largest absolute Gasteiger partial charge is 0.0683 e. The van der Waals surface area contributed by atoms with Gasteiger partial charge in [-0.1, -0.05) is 94.4 Å². The summed E-state index contributed by atoms with van der Waals surface area (Å²) in [4.78, 5) is 0. The Labute approximate surface area is 101 Å². The Bertz CT molecular complexity index is 46.0. The highest BCUT2D eigenvalue weighted by molar-refractivity contribution is 4.45. The molecule has 98 valence electrons. The van der Waals surface area contributed by atoms with Crippen LogP contribution in [0.2, 0.25) is 0 Å². The molecule has 0 saturated carbocycles. The topological polar surface area (TPSA) is 0 Å². The molecule has 0 unspecified atom stereocenters. The van der Waals surface area contributed by atoms with E-state index >= 15 is 0 Å². The standard InChI is InChI=1S/C7H16.C4H10.2C2H6/c1-4-6-7(3)5-2;1-3-4-2;2*1-2/h7H,4-6H2,1-3H3;3-4H2,1-2H3;2*1-2H3/t7-;;;/m1.../s1. The smallest absolute Gasteiger partial charge is 0.0446 e. The Morgan fingerprint density at radius 2 is 1.00 bits per heavy atom. The van der Waals surface area contributed by atoms with Crippen molar-refractivity contribution >= 4 is 0 Å². The van der Waals surface area contributed by atoms with Crippen molar-refractivity contribution in [1.29, 1.82) is 0 Å². The minimum Gasteiger partial charge on any atom is -0.0683 e. The van der Waals surface area contributed by atoms with E-state index in [9.17, 15) is 0 Å². The Morgan fingerprint density at radius 1 is 0.667 bits per heavy atom.